The topological polar surface area (TPSA) is 81.9 Å². The molecule has 2 aliphatic heterocycles. The molecule has 2 aliphatic rings. The predicted octanol–water partition coefficient (Wildman–Crippen LogP) is 3.36. The van der Waals surface area contributed by atoms with Crippen LogP contribution in [-0.2, 0) is 9.47 Å². The molecule has 6 nitrogen and oxygen atoms in total. The minimum Gasteiger partial charge on any atom is -0.444 e. The monoisotopic (exact) mass is 372 g/mol. The second-order valence-corrected chi connectivity index (χ2v) is 8.25. The van der Waals surface area contributed by atoms with Crippen LogP contribution < -0.4 is 5.73 Å². The SMILES string of the molecule is CC(C)(C)OC(=O)N1CCC2(C=C(c3cccc(C(N)=O)c3)CCO2)CC1. The zero-order chi connectivity index (χ0) is 19.7. The number of benzene rings is 1. The van der Waals surface area contributed by atoms with Crippen molar-refractivity contribution in [2.45, 2.75) is 51.2 Å². The number of nitrogens with two attached hydrogens (primary N) is 1. The minimum atomic E-state index is -0.494. The van der Waals surface area contributed by atoms with Crippen molar-refractivity contribution in [2.75, 3.05) is 19.7 Å². The molecule has 0 aliphatic carbocycles. The van der Waals surface area contributed by atoms with Crippen molar-refractivity contribution in [3.63, 3.8) is 0 Å². The molecule has 0 saturated carbocycles. The third-order valence-electron chi connectivity index (χ3n) is 4.98. The molecular formula is C21H28N2O4. The number of carbonyl (C=O) groups is 2. The van der Waals surface area contributed by atoms with Crippen LogP contribution >= 0.6 is 0 Å². The molecule has 0 unspecified atom stereocenters. The standard InChI is InChI=1S/C21H28N2O4/c1-20(2,3)27-19(25)23-10-8-21(9-11-23)14-17(7-12-26-21)15-5-4-6-16(13-15)18(22)24/h4-6,13-14H,7-12H2,1-3H3,(H2,22,24). The molecule has 2 N–H and O–H groups in total. The Hall–Kier alpha value is -2.34. The first-order valence-corrected chi connectivity index (χ1v) is 9.41. The van der Waals surface area contributed by atoms with Gasteiger partial charge in [0.25, 0.3) is 0 Å². The van der Waals surface area contributed by atoms with Gasteiger partial charge in [-0.05, 0) is 69.4 Å². The van der Waals surface area contributed by atoms with E-state index in [-0.39, 0.29) is 11.7 Å². The molecule has 6 heteroatoms. The largest absolute Gasteiger partial charge is 0.444 e. The van der Waals surface area contributed by atoms with Crippen LogP contribution in [0.25, 0.3) is 5.57 Å². The number of hydrogen-bond donors (Lipinski definition) is 1. The van der Waals surface area contributed by atoms with Crippen molar-refractivity contribution in [3.05, 3.63) is 41.5 Å². The van der Waals surface area contributed by atoms with Gasteiger partial charge in [-0.25, -0.2) is 4.79 Å². The summed E-state index contributed by atoms with van der Waals surface area (Å²) in [6.45, 7) is 7.43. The lowest BCUT2D eigenvalue weighted by atomic mass is 9.84. The third kappa shape index (κ3) is 4.69. The smallest absolute Gasteiger partial charge is 0.410 e. The van der Waals surface area contributed by atoms with Crippen LogP contribution in [-0.4, -0.2) is 47.8 Å². The highest BCUT2D eigenvalue weighted by molar-refractivity contribution is 5.93. The molecule has 146 valence electrons. The molecule has 1 fully saturated rings. The zero-order valence-electron chi connectivity index (χ0n) is 16.3. The van der Waals surface area contributed by atoms with E-state index in [0.717, 1.165) is 30.4 Å². The number of hydrogen-bond acceptors (Lipinski definition) is 4. The van der Waals surface area contributed by atoms with Crippen molar-refractivity contribution in [2.24, 2.45) is 5.73 Å². The van der Waals surface area contributed by atoms with Crippen LogP contribution in [0.3, 0.4) is 0 Å². The molecule has 0 aromatic heterocycles. The lowest BCUT2D eigenvalue weighted by Crippen LogP contribution is -2.49. The lowest BCUT2D eigenvalue weighted by Gasteiger charge is -2.42. The summed E-state index contributed by atoms with van der Waals surface area (Å²) in [7, 11) is 0. The van der Waals surface area contributed by atoms with E-state index < -0.39 is 11.5 Å². The van der Waals surface area contributed by atoms with Crippen LogP contribution in [0.5, 0.6) is 0 Å². The molecule has 0 bridgehead atoms. The highest BCUT2D eigenvalue weighted by Gasteiger charge is 2.38. The number of nitrogens with zero attached hydrogens (tertiary/aromatic N) is 1. The van der Waals surface area contributed by atoms with Crippen molar-refractivity contribution in [3.8, 4) is 0 Å². The molecule has 0 radical (unpaired) electrons. The van der Waals surface area contributed by atoms with Gasteiger partial charge in [0, 0.05) is 18.7 Å². The van der Waals surface area contributed by atoms with Crippen molar-refractivity contribution >= 4 is 17.6 Å². The highest BCUT2D eigenvalue weighted by atomic mass is 16.6. The van der Waals surface area contributed by atoms with Crippen LogP contribution in [0.4, 0.5) is 4.79 Å². The second-order valence-electron chi connectivity index (χ2n) is 8.25. The van der Waals surface area contributed by atoms with E-state index in [9.17, 15) is 9.59 Å². The number of carbonyl (C=O) groups excluding carboxylic acids is 2. The molecular weight excluding hydrogens is 344 g/mol. The van der Waals surface area contributed by atoms with Crippen molar-refractivity contribution < 1.29 is 19.1 Å². The first kappa shape index (κ1) is 19.4. The fourth-order valence-electron chi connectivity index (χ4n) is 3.58. The molecule has 3 rings (SSSR count). The van der Waals surface area contributed by atoms with Crippen LogP contribution in [0, 0.1) is 0 Å². The Morgan fingerprint density at radius 2 is 1.93 bits per heavy atom. The van der Waals surface area contributed by atoms with Crippen LogP contribution in [0.1, 0.15) is 56.0 Å². The normalized spacial score (nSPS) is 19.5. The summed E-state index contributed by atoms with van der Waals surface area (Å²) in [5.41, 5.74) is 7.22. The molecule has 2 amide bonds. The van der Waals surface area contributed by atoms with Gasteiger partial charge in [-0.1, -0.05) is 12.1 Å². The van der Waals surface area contributed by atoms with Crippen LogP contribution in [0.2, 0.25) is 0 Å². The van der Waals surface area contributed by atoms with Gasteiger partial charge >= 0.3 is 6.09 Å². The lowest BCUT2D eigenvalue weighted by molar-refractivity contribution is -0.0561. The quantitative estimate of drug-likeness (QED) is 0.863. The average Bonchev–Trinajstić information content (AvgIpc) is 2.61. The Bertz CT molecular complexity index is 756. The number of primary amides is 1. The molecule has 0 atom stereocenters. The van der Waals surface area contributed by atoms with Gasteiger partial charge in [-0.15, -0.1) is 0 Å². The summed E-state index contributed by atoms with van der Waals surface area (Å²) in [4.78, 5) is 25.5. The van der Waals surface area contributed by atoms with Gasteiger partial charge in [0.2, 0.25) is 5.91 Å². The first-order chi connectivity index (χ1) is 12.7. The molecule has 2 heterocycles. The second kappa shape index (κ2) is 7.35. The Morgan fingerprint density at radius 3 is 2.56 bits per heavy atom. The van der Waals surface area contributed by atoms with E-state index in [1.165, 1.54) is 0 Å². The molecule has 1 aromatic rings. The summed E-state index contributed by atoms with van der Waals surface area (Å²) in [5.74, 6) is -0.426. The van der Waals surface area contributed by atoms with Gasteiger partial charge < -0.3 is 20.1 Å². The predicted molar refractivity (Wildman–Crippen MR) is 103 cm³/mol. The maximum absolute atomic E-state index is 12.3. The Balaban J connectivity index is 1.73. The molecule has 27 heavy (non-hydrogen) atoms. The fourth-order valence-corrected chi connectivity index (χ4v) is 3.58. The van der Waals surface area contributed by atoms with Crippen LogP contribution in [0.15, 0.2) is 30.3 Å². The average molecular weight is 372 g/mol. The third-order valence-corrected chi connectivity index (χ3v) is 4.98. The van der Waals surface area contributed by atoms with Gasteiger partial charge in [-0.3, -0.25) is 4.79 Å². The van der Waals surface area contributed by atoms with E-state index in [4.69, 9.17) is 15.2 Å². The Labute approximate surface area is 160 Å². The summed E-state index contributed by atoms with van der Waals surface area (Å²) in [6.07, 6.45) is 4.14. The van der Waals surface area contributed by atoms with E-state index in [1.54, 1.807) is 11.0 Å². The van der Waals surface area contributed by atoms with Crippen molar-refractivity contribution in [1.82, 2.24) is 4.90 Å². The van der Waals surface area contributed by atoms with E-state index in [0.29, 0.717) is 25.3 Å². The van der Waals surface area contributed by atoms with E-state index in [1.807, 2.05) is 39.0 Å². The summed E-state index contributed by atoms with van der Waals surface area (Å²) in [6, 6.07) is 7.40. The molecule has 1 saturated heterocycles. The molecule has 1 aromatic carbocycles. The van der Waals surface area contributed by atoms with Gasteiger partial charge in [-0.2, -0.15) is 0 Å². The fraction of sp³-hybridized carbons (Fsp3) is 0.524. The summed E-state index contributed by atoms with van der Waals surface area (Å²) >= 11 is 0. The Morgan fingerprint density at radius 1 is 1.22 bits per heavy atom. The maximum atomic E-state index is 12.3. The summed E-state index contributed by atoms with van der Waals surface area (Å²) in [5, 5.41) is 0. The number of likely N-dealkylation sites (tertiary alicyclic amines) is 1. The molecule has 1 spiro atoms. The number of ether oxygens (including phenoxy) is 2. The van der Waals surface area contributed by atoms with Crippen molar-refractivity contribution in [1.29, 1.82) is 0 Å². The Kier molecular flexibility index (Phi) is 5.29. The van der Waals surface area contributed by atoms with Gasteiger partial charge in [0.05, 0.1) is 12.2 Å². The minimum absolute atomic E-state index is 0.272. The maximum Gasteiger partial charge on any atom is 0.410 e. The first-order valence-electron chi connectivity index (χ1n) is 9.41. The van der Waals surface area contributed by atoms with E-state index >= 15 is 0 Å². The zero-order valence-corrected chi connectivity index (χ0v) is 16.3. The number of rotatable bonds is 2. The highest BCUT2D eigenvalue weighted by Crippen LogP contribution is 2.36. The van der Waals surface area contributed by atoms with E-state index in [2.05, 4.69) is 6.08 Å². The number of amides is 2. The summed E-state index contributed by atoms with van der Waals surface area (Å²) < 4.78 is 11.6. The number of piperidine rings is 1. The van der Waals surface area contributed by atoms with Gasteiger partial charge in [0.1, 0.15) is 5.60 Å². The van der Waals surface area contributed by atoms with Gasteiger partial charge in [0.15, 0.2) is 0 Å².